The Labute approximate surface area is 155 Å². The van der Waals surface area contributed by atoms with E-state index in [0.29, 0.717) is 17.1 Å². The second kappa shape index (κ2) is 5.35. The third-order valence-corrected chi connectivity index (χ3v) is 5.67. The molecule has 5 rings (SSSR count). The van der Waals surface area contributed by atoms with Crippen molar-refractivity contribution in [3.8, 4) is 0 Å². The number of halogens is 1. The third-order valence-electron chi connectivity index (χ3n) is 5.42. The van der Waals surface area contributed by atoms with Gasteiger partial charge in [0.05, 0.1) is 11.7 Å². The molecule has 0 radical (unpaired) electrons. The molecule has 2 aliphatic heterocycles. The summed E-state index contributed by atoms with van der Waals surface area (Å²) in [6, 6.07) is 13.9. The van der Waals surface area contributed by atoms with Crippen LogP contribution >= 0.6 is 11.6 Å². The zero-order valence-electron chi connectivity index (χ0n) is 14.1. The van der Waals surface area contributed by atoms with E-state index >= 15 is 0 Å². The van der Waals surface area contributed by atoms with Gasteiger partial charge in [0.25, 0.3) is 5.91 Å². The fraction of sp³-hybridized carbons (Fsp3) is 0.200. The van der Waals surface area contributed by atoms with E-state index in [0.717, 1.165) is 22.2 Å². The predicted octanol–water partition coefficient (Wildman–Crippen LogP) is 4.28. The van der Waals surface area contributed by atoms with E-state index in [1.807, 2.05) is 25.1 Å². The van der Waals surface area contributed by atoms with Gasteiger partial charge in [-0.2, -0.15) is 0 Å². The normalized spacial score (nSPS) is 22.1. The number of urea groups is 1. The average molecular weight is 366 g/mol. The largest absolute Gasteiger partial charge is 0.356 e. The minimum Gasteiger partial charge on any atom is -0.356 e. The number of para-hydroxylation sites is 1. The monoisotopic (exact) mass is 365 g/mol. The molecule has 5 nitrogen and oxygen atoms in total. The van der Waals surface area contributed by atoms with E-state index in [2.05, 4.69) is 11.1 Å². The summed E-state index contributed by atoms with van der Waals surface area (Å²) in [4.78, 5) is 32.5. The van der Waals surface area contributed by atoms with E-state index in [9.17, 15) is 9.59 Å². The van der Waals surface area contributed by atoms with Crippen molar-refractivity contribution >= 4 is 40.1 Å². The number of anilines is 1. The first-order valence-corrected chi connectivity index (χ1v) is 8.95. The molecule has 3 amide bonds. The van der Waals surface area contributed by atoms with Crippen LogP contribution in [-0.4, -0.2) is 27.9 Å². The Hall–Kier alpha value is -2.79. The van der Waals surface area contributed by atoms with Gasteiger partial charge in [0.2, 0.25) is 0 Å². The van der Waals surface area contributed by atoms with Crippen molar-refractivity contribution in [3.63, 3.8) is 0 Å². The van der Waals surface area contributed by atoms with Crippen LogP contribution in [0.4, 0.5) is 10.5 Å². The second-order valence-electron chi connectivity index (χ2n) is 6.80. The Morgan fingerprint density at radius 3 is 2.58 bits per heavy atom. The molecule has 2 atom stereocenters. The maximum atomic E-state index is 13.1. The fourth-order valence-electron chi connectivity index (χ4n) is 4.19. The first-order valence-electron chi connectivity index (χ1n) is 8.57. The maximum absolute atomic E-state index is 13.1. The highest BCUT2D eigenvalue weighted by Gasteiger charge is 2.51. The lowest BCUT2D eigenvalue weighted by Crippen LogP contribution is -2.42. The van der Waals surface area contributed by atoms with Crippen LogP contribution < -0.4 is 4.90 Å². The lowest BCUT2D eigenvalue weighted by Gasteiger charge is -2.33. The van der Waals surface area contributed by atoms with Gasteiger partial charge in [0.15, 0.2) is 0 Å². The number of carbonyl (C=O) groups is 2. The second-order valence-corrected chi connectivity index (χ2v) is 7.24. The quantitative estimate of drug-likeness (QED) is 0.654. The number of fused-ring (bicyclic) bond motifs is 4. The minimum absolute atomic E-state index is 0.180. The van der Waals surface area contributed by atoms with Gasteiger partial charge in [-0.3, -0.25) is 4.79 Å². The summed E-state index contributed by atoms with van der Waals surface area (Å²) in [6.07, 6.45) is 0.526. The standard InChI is InChI=1S/C20H16ClN3O2/c1-11-18-15(14-4-2-3-5-16(14)22-18)10-17-19(25)24(20(26)23(11)17)13-8-6-12(21)7-9-13/h2-9,11,17,22H,10H2,1H3/t11-,17+/m1/s1. The Kier molecular flexibility index (Phi) is 3.18. The van der Waals surface area contributed by atoms with E-state index in [-0.39, 0.29) is 18.0 Å². The van der Waals surface area contributed by atoms with Crippen molar-refractivity contribution in [2.45, 2.75) is 25.4 Å². The van der Waals surface area contributed by atoms with Gasteiger partial charge in [-0.05, 0) is 42.8 Å². The number of nitrogens with zero attached hydrogens (tertiary/aromatic N) is 2. The van der Waals surface area contributed by atoms with Crippen molar-refractivity contribution in [1.29, 1.82) is 0 Å². The number of aromatic amines is 1. The molecule has 0 bridgehead atoms. The summed E-state index contributed by atoms with van der Waals surface area (Å²) in [6.45, 7) is 1.97. The van der Waals surface area contributed by atoms with Crippen LogP contribution in [-0.2, 0) is 11.2 Å². The molecule has 6 heteroatoms. The minimum atomic E-state index is -0.472. The average Bonchev–Trinajstić information content (AvgIpc) is 3.13. The van der Waals surface area contributed by atoms with Gasteiger partial charge in [-0.15, -0.1) is 0 Å². The first kappa shape index (κ1) is 15.5. The lowest BCUT2D eigenvalue weighted by molar-refractivity contribution is -0.120. The summed E-state index contributed by atoms with van der Waals surface area (Å²) in [7, 11) is 0. The lowest BCUT2D eigenvalue weighted by atomic mass is 9.93. The molecule has 26 heavy (non-hydrogen) atoms. The molecule has 130 valence electrons. The molecule has 0 aliphatic carbocycles. The summed E-state index contributed by atoms with van der Waals surface area (Å²) >= 11 is 5.93. The first-order chi connectivity index (χ1) is 12.6. The Balaban J connectivity index is 1.60. The van der Waals surface area contributed by atoms with Gasteiger partial charge >= 0.3 is 6.03 Å². The van der Waals surface area contributed by atoms with Gasteiger partial charge in [0, 0.05) is 28.0 Å². The van der Waals surface area contributed by atoms with Crippen LogP contribution in [0.2, 0.25) is 5.02 Å². The number of carbonyl (C=O) groups excluding carboxylic acids is 2. The van der Waals surface area contributed by atoms with Gasteiger partial charge < -0.3 is 9.88 Å². The number of benzene rings is 2. The number of rotatable bonds is 1. The molecular formula is C20H16ClN3O2. The zero-order chi connectivity index (χ0) is 18.0. The van der Waals surface area contributed by atoms with Gasteiger partial charge in [-0.1, -0.05) is 29.8 Å². The highest BCUT2D eigenvalue weighted by Crippen LogP contribution is 2.41. The van der Waals surface area contributed by atoms with E-state index in [1.165, 1.54) is 4.90 Å². The molecule has 0 saturated carbocycles. The van der Waals surface area contributed by atoms with Crippen molar-refractivity contribution in [2.24, 2.45) is 0 Å². The van der Waals surface area contributed by atoms with Gasteiger partial charge in [0.1, 0.15) is 6.04 Å². The summed E-state index contributed by atoms with van der Waals surface area (Å²) < 4.78 is 0. The smallest absolute Gasteiger partial charge is 0.332 e. The van der Waals surface area contributed by atoms with Crippen molar-refractivity contribution in [2.75, 3.05) is 4.90 Å². The molecule has 1 N–H and O–H groups in total. The molecule has 2 aliphatic rings. The SMILES string of the molecule is C[C@@H]1c2[nH]c3ccccc3c2C[C@H]2C(=O)N(c3ccc(Cl)cc3)C(=O)N12. The highest BCUT2D eigenvalue weighted by atomic mass is 35.5. The topological polar surface area (TPSA) is 56.4 Å². The predicted molar refractivity (Wildman–Crippen MR) is 100 cm³/mol. The van der Waals surface area contributed by atoms with Crippen molar-refractivity contribution in [1.82, 2.24) is 9.88 Å². The molecule has 2 aromatic carbocycles. The number of imide groups is 1. The van der Waals surface area contributed by atoms with Crippen LogP contribution in [0.15, 0.2) is 48.5 Å². The van der Waals surface area contributed by atoms with Crippen LogP contribution in [0.1, 0.15) is 24.2 Å². The Morgan fingerprint density at radius 2 is 1.81 bits per heavy atom. The number of hydrogen-bond acceptors (Lipinski definition) is 2. The molecule has 0 spiro atoms. The van der Waals surface area contributed by atoms with Gasteiger partial charge in [-0.25, -0.2) is 9.69 Å². The molecule has 0 unspecified atom stereocenters. The molecule has 3 heterocycles. The van der Waals surface area contributed by atoms with Crippen LogP contribution in [0.3, 0.4) is 0 Å². The number of amides is 3. The molecular weight excluding hydrogens is 350 g/mol. The third kappa shape index (κ3) is 1.98. The Morgan fingerprint density at radius 1 is 1.08 bits per heavy atom. The molecule has 1 saturated heterocycles. The fourth-order valence-corrected chi connectivity index (χ4v) is 4.32. The number of hydrogen-bond donors (Lipinski definition) is 1. The molecule has 3 aromatic rings. The highest BCUT2D eigenvalue weighted by molar-refractivity contribution is 6.30. The summed E-state index contributed by atoms with van der Waals surface area (Å²) in [5, 5.41) is 1.69. The van der Waals surface area contributed by atoms with Crippen LogP contribution in [0.5, 0.6) is 0 Å². The van der Waals surface area contributed by atoms with E-state index in [4.69, 9.17) is 11.6 Å². The molecule has 1 aromatic heterocycles. The van der Waals surface area contributed by atoms with E-state index in [1.54, 1.807) is 29.2 Å². The van der Waals surface area contributed by atoms with Crippen LogP contribution in [0.25, 0.3) is 10.9 Å². The van der Waals surface area contributed by atoms with Crippen molar-refractivity contribution in [3.05, 3.63) is 64.8 Å². The van der Waals surface area contributed by atoms with Crippen molar-refractivity contribution < 1.29 is 9.59 Å². The maximum Gasteiger partial charge on any atom is 0.332 e. The number of nitrogens with one attached hydrogen (secondary N) is 1. The zero-order valence-corrected chi connectivity index (χ0v) is 14.8. The number of H-pyrrole nitrogens is 1. The summed E-state index contributed by atoms with van der Waals surface area (Å²) in [5.41, 5.74) is 3.74. The van der Waals surface area contributed by atoms with Crippen LogP contribution in [0, 0.1) is 0 Å². The number of aromatic nitrogens is 1. The Bertz CT molecular complexity index is 1060. The van der Waals surface area contributed by atoms with E-state index < -0.39 is 6.04 Å². The molecule has 1 fully saturated rings. The summed E-state index contributed by atoms with van der Waals surface area (Å²) in [5.74, 6) is -0.180.